The van der Waals surface area contributed by atoms with Gasteiger partial charge in [-0.3, -0.25) is 0 Å². The predicted octanol–water partition coefficient (Wildman–Crippen LogP) is 3.27. The first-order valence-corrected chi connectivity index (χ1v) is 6.88. The van der Waals surface area contributed by atoms with Crippen LogP contribution in [-0.2, 0) is 6.54 Å². The lowest BCUT2D eigenvalue weighted by Crippen LogP contribution is -2.35. The highest BCUT2D eigenvalue weighted by Gasteiger charge is 2.12. The zero-order valence-electron chi connectivity index (χ0n) is 12.8. The Morgan fingerprint density at radius 2 is 2.05 bits per heavy atom. The van der Waals surface area contributed by atoms with Crippen molar-refractivity contribution in [1.29, 1.82) is 5.26 Å². The van der Waals surface area contributed by atoms with Crippen LogP contribution in [0.2, 0.25) is 0 Å². The fourth-order valence-corrected chi connectivity index (χ4v) is 1.66. The molecule has 0 amide bonds. The molecule has 110 valence electrons. The van der Waals surface area contributed by atoms with Gasteiger partial charge in [0.05, 0.1) is 19.8 Å². The van der Waals surface area contributed by atoms with E-state index in [0.29, 0.717) is 19.6 Å². The summed E-state index contributed by atoms with van der Waals surface area (Å²) in [5, 5.41) is 12.0. The second kappa shape index (κ2) is 7.76. The average molecular weight is 276 g/mol. The van der Waals surface area contributed by atoms with Crippen molar-refractivity contribution in [2.45, 2.75) is 45.7 Å². The summed E-state index contributed by atoms with van der Waals surface area (Å²) in [6, 6.07) is 7.91. The van der Waals surface area contributed by atoms with E-state index in [2.05, 4.69) is 32.2 Å². The molecule has 1 aromatic carbocycles. The Morgan fingerprint density at radius 3 is 2.65 bits per heavy atom. The Morgan fingerprint density at radius 1 is 1.30 bits per heavy atom. The average Bonchev–Trinajstić information content (AvgIpc) is 2.41. The Labute approximate surface area is 121 Å². The third-order valence-electron chi connectivity index (χ3n) is 2.77. The van der Waals surface area contributed by atoms with Crippen molar-refractivity contribution in [1.82, 2.24) is 5.32 Å². The standard InChI is InChI=1S/C16H24N2O2/c1-16(2,3)18-12-13-11-14(19-4)7-8-15(13)20-10-6-5-9-17/h7-8,11,18H,5-6,10,12H2,1-4H3. The first kappa shape index (κ1) is 16.3. The maximum Gasteiger partial charge on any atom is 0.124 e. The topological polar surface area (TPSA) is 54.3 Å². The van der Waals surface area contributed by atoms with Gasteiger partial charge in [0.25, 0.3) is 0 Å². The number of unbranched alkanes of at least 4 members (excludes halogenated alkanes) is 1. The van der Waals surface area contributed by atoms with Crippen LogP contribution in [0, 0.1) is 11.3 Å². The lowest BCUT2D eigenvalue weighted by molar-refractivity contribution is 0.305. The van der Waals surface area contributed by atoms with Crippen LogP contribution in [0.25, 0.3) is 0 Å². The van der Waals surface area contributed by atoms with E-state index in [9.17, 15) is 0 Å². The Kier molecular flexibility index (Phi) is 6.33. The first-order valence-electron chi connectivity index (χ1n) is 6.88. The van der Waals surface area contributed by atoms with Crippen molar-refractivity contribution in [3.8, 4) is 17.6 Å². The van der Waals surface area contributed by atoms with Crippen molar-refractivity contribution in [3.05, 3.63) is 23.8 Å². The summed E-state index contributed by atoms with van der Waals surface area (Å²) in [7, 11) is 1.66. The van der Waals surface area contributed by atoms with Gasteiger partial charge in [-0.2, -0.15) is 5.26 Å². The van der Waals surface area contributed by atoms with Crippen molar-refractivity contribution in [2.24, 2.45) is 0 Å². The summed E-state index contributed by atoms with van der Waals surface area (Å²) < 4.78 is 11.0. The molecule has 0 aliphatic heterocycles. The molecule has 0 heterocycles. The van der Waals surface area contributed by atoms with E-state index >= 15 is 0 Å². The van der Waals surface area contributed by atoms with Gasteiger partial charge in [0.2, 0.25) is 0 Å². The minimum absolute atomic E-state index is 0.0428. The van der Waals surface area contributed by atoms with Crippen LogP contribution in [0.15, 0.2) is 18.2 Å². The monoisotopic (exact) mass is 276 g/mol. The SMILES string of the molecule is COc1ccc(OCCCC#N)c(CNC(C)(C)C)c1. The Hall–Kier alpha value is -1.73. The molecule has 0 unspecified atom stereocenters. The summed E-state index contributed by atoms with van der Waals surface area (Å²) in [5.74, 6) is 1.67. The van der Waals surface area contributed by atoms with Gasteiger partial charge in [0, 0.05) is 24.1 Å². The van der Waals surface area contributed by atoms with Gasteiger partial charge in [-0.1, -0.05) is 0 Å². The van der Waals surface area contributed by atoms with Gasteiger partial charge >= 0.3 is 0 Å². The van der Waals surface area contributed by atoms with E-state index in [-0.39, 0.29) is 5.54 Å². The smallest absolute Gasteiger partial charge is 0.124 e. The zero-order valence-corrected chi connectivity index (χ0v) is 12.8. The van der Waals surface area contributed by atoms with Gasteiger partial charge < -0.3 is 14.8 Å². The number of nitriles is 1. The summed E-state index contributed by atoms with van der Waals surface area (Å²) >= 11 is 0. The molecule has 1 aromatic rings. The maximum absolute atomic E-state index is 8.53. The minimum atomic E-state index is 0.0428. The molecular weight excluding hydrogens is 252 g/mol. The molecule has 0 aliphatic rings. The molecule has 1 rings (SSSR count). The van der Waals surface area contributed by atoms with E-state index in [1.165, 1.54) is 0 Å². The fourth-order valence-electron chi connectivity index (χ4n) is 1.66. The minimum Gasteiger partial charge on any atom is -0.497 e. The van der Waals surface area contributed by atoms with Gasteiger partial charge in [-0.15, -0.1) is 0 Å². The van der Waals surface area contributed by atoms with Crippen LogP contribution in [0.1, 0.15) is 39.2 Å². The van der Waals surface area contributed by atoms with E-state index < -0.39 is 0 Å². The first-order chi connectivity index (χ1) is 9.46. The van der Waals surface area contributed by atoms with Gasteiger partial charge in [0.15, 0.2) is 0 Å². The molecule has 4 nitrogen and oxygen atoms in total. The quantitative estimate of drug-likeness (QED) is 0.777. The highest BCUT2D eigenvalue weighted by molar-refractivity contribution is 5.40. The third kappa shape index (κ3) is 5.94. The molecule has 0 aliphatic carbocycles. The van der Waals surface area contributed by atoms with Crippen LogP contribution in [0.4, 0.5) is 0 Å². The Balaban J connectivity index is 2.73. The normalized spacial score (nSPS) is 10.9. The largest absolute Gasteiger partial charge is 0.497 e. The van der Waals surface area contributed by atoms with Crippen LogP contribution in [0.3, 0.4) is 0 Å². The van der Waals surface area contributed by atoms with Crippen molar-refractivity contribution in [2.75, 3.05) is 13.7 Å². The number of hydrogen-bond acceptors (Lipinski definition) is 4. The number of rotatable bonds is 7. The lowest BCUT2D eigenvalue weighted by Gasteiger charge is -2.22. The van der Waals surface area contributed by atoms with E-state index in [0.717, 1.165) is 23.5 Å². The molecule has 1 N–H and O–H groups in total. The highest BCUT2D eigenvalue weighted by Crippen LogP contribution is 2.25. The van der Waals surface area contributed by atoms with Gasteiger partial charge in [-0.05, 0) is 45.4 Å². The molecule has 0 atom stereocenters. The molecule has 20 heavy (non-hydrogen) atoms. The molecule has 0 saturated heterocycles. The third-order valence-corrected chi connectivity index (χ3v) is 2.77. The summed E-state index contributed by atoms with van der Waals surface area (Å²) in [4.78, 5) is 0. The van der Waals surface area contributed by atoms with Gasteiger partial charge in [0.1, 0.15) is 11.5 Å². The predicted molar refractivity (Wildman–Crippen MR) is 79.9 cm³/mol. The highest BCUT2D eigenvalue weighted by atomic mass is 16.5. The van der Waals surface area contributed by atoms with E-state index in [4.69, 9.17) is 14.7 Å². The number of ether oxygens (including phenoxy) is 2. The molecule has 0 bridgehead atoms. The van der Waals surface area contributed by atoms with E-state index in [1.54, 1.807) is 7.11 Å². The van der Waals surface area contributed by atoms with Crippen LogP contribution < -0.4 is 14.8 Å². The summed E-state index contributed by atoms with van der Waals surface area (Å²) in [6.45, 7) is 7.65. The lowest BCUT2D eigenvalue weighted by atomic mass is 10.1. The number of hydrogen-bond donors (Lipinski definition) is 1. The number of benzene rings is 1. The van der Waals surface area contributed by atoms with Crippen LogP contribution in [0.5, 0.6) is 11.5 Å². The summed E-state index contributed by atoms with van der Waals surface area (Å²) in [5.41, 5.74) is 1.11. The second-order valence-electron chi connectivity index (χ2n) is 5.69. The van der Waals surface area contributed by atoms with Crippen molar-refractivity contribution in [3.63, 3.8) is 0 Å². The van der Waals surface area contributed by atoms with Crippen LogP contribution in [-0.4, -0.2) is 19.3 Å². The Bertz CT molecular complexity index is 459. The number of nitrogens with one attached hydrogen (secondary N) is 1. The molecule has 0 radical (unpaired) electrons. The maximum atomic E-state index is 8.53. The van der Waals surface area contributed by atoms with E-state index in [1.807, 2.05) is 18.2 Å². The molecule has 0 saturated carbocycles. The fraction of sp³-hybridized carbons (Fsp3) is 0.562. The van der Waals surface area contributed by atoms with Crippen molar-refractivity contribution < 1.29 is 9.47 Å². The summed E-state index contributed by atoms with van der Waals surface area (Å²) in [6.07, 6.45) is 1.26. The van der Waals surface area contributed by atoms with Gasteiger partial charge in [-0.25, -0.2) is 0 Å². The molecule has 4 heteroatoms. The molecular formula is C16H24N2O2. The van der Waals surface area contributed by atoms with Crippen LogP contribution >= 0.6 is 0 Å². The second-order valence-corrected chi connectivity index (χ2v) is 5.69. The number of methoxy groups -OCH3 is 1. The molecule has 0 aromatic heterocycles. The molecule has 0 fully saturated rings. The molecule has 0 spiro atoms. The number of nitrogens with zero attached hydrogens (tertiary/aromatic N) is 1. The zero-order chi connectivity index (χ0) is 15.0. The van der Waals surface area contributed by atoms with Crippen molar-refractivity contribution >= 4 is 0 Å².